The monoisotopic (exact) mass is 673 g/mol. The van der Waals surface area contributed by atoms with Crippen LogP contribution in [0.1, 0.15) is 176 Å². The average Bonchev–Trinajstić information content (AvgIpc) is 3.45. The summed E-state index contributed by atoms with van der Waals surface area (Å²) < 4.78 is 6.24. The van der Waals surface area contributed by atoms with Gasteiger partial charge in [-0.05, 0) is 154 Å². The number of rotatable bonds is 17. The summed E-state index contributed by atoms with van der Waals surface area (Å²) in [6.07, 6.45) is 27.5. The van der Waals surface area contributed by atoms with Gasteiger partial charge in [-0.15, -0.1) is 0 Å². The van der Waals surface area contributed by atoms with E-state index in [1.165, 1.54) is 107 Å². The van der Waals surface area contributed by atoms with Crippen LogP contribution in [-0.4, -0.2) is 12.1 Å². The van der Waals surface area contributed by atoms with E-state index in [1.54, 1.807) is 0 Å². The van der Waals surface area contributed by atoms with Crippen molar-refractivity contribution in [2.45, 2.75) is 183 Å². The SMILES string of the molecule is CC/C(=C\CC(=O)O[C@H]1CC[C@@]2(C)[C@@H](CC[C@@H]3[C@@H]2CC[C@]2(C)[C@@H]([C@H](C)CCCC(C)C)CC[C@@H]32)C1)CCCC(CC)CCc1ccccc1. The smallest absolute Gasteiger partial charge is 0.309 e. The second-order valence-corrected chi connectivity index (χ2v) is 18.7. The molecule has 0 amide bonds. The minimum absolute atomic E-state index is 0.00970. The molecular weight excluding hydrogens is 597 g/mol. The summed E-state index contributed by atoms with van der Waals surface area (Å²) in [6.45, 7) is 17.3. The van der Waals surface area contributed by atoms with Crippen LogP contribution in [0.3, 0.4) is 0 Å². The number of esters is 1. The normalized spacial score (nSPS) is 34.2. The minimum atomic E-state index is 0.00970. The fourth-order valence-electron chi connectivity index (χ4n) is 12.4. The van der Waals surface area contributed by atoms with Crippen LogP contribution in [0.4, 0.5) is 0 Å². The molecular formula is C47H76O2. The van der Waals surface area contributed by atoms with Crippen LogP contribution in [-0.2, 0) is 16.0 Å². The Morgan fingerprint density at radius 2 is 1.61 bits per heavy atom. The highest BCUT2D eigenvalue weighted by Gasteiger charge is 2.60. The first-order valence-electron chi connectivity index (χ1n) is 21.5. The Morgan fingerprint density at radius 3 is 2.35 bits per heavy atom. The number of carbonyl (C=O) groups excluding carboxylic acids is 1. The Morgan fingerprint density at radius 1 is 0.857 bits per heavy atom. The maximum atomic E-state index is 13.1. The van der Waals surface area contributed by atoms with Crippen molar-refractivity contribution in [1.82, 2.24) is 0 Å². The number of benzene rings is 1. The third kappa shape index (κ3) is 9.46. The van der Waals surface area contributed by atoms with Crippen molar-refractivity contribution in [1.29, 1.82) is 0 Å². The van der Waals surface area contributed by atoms with Crippen molar-refractivity contribution >= 4 is 5.97 Å². The molecule has 5 rings (SSSR count). The molecule has 10 atom stereocenters. The molecule has 4 aliphatic carbocycles. The van der Waals surface area contributed by atoms with E-state index >= 15 is 0 Å². The highest BCUT2D eigenvalue weighted by atomic mass is 16.5. The first-order chi connectivity index (χ1) is 23.6. The zero-order valence-corrected chi connectivity index (χ0v) is 33.1. The lowest BCUT2D eigenvalue weighted by molar-refractivity contribution is -0.162. The van der Waals surface area contributed by atoms with Crippen LogP contribution in [0.2, 0.25) is 0 Å². The van der Waals surface area contributed by atoms with E-state index in [0.717, 1.165) is 73.0 Å². The highest BCUT2D eigenvalue weighted by molar-refractivity contribution is 5.71. The van der Waals surface area contributed by atoms with Crippen molar-refractivity contribution in [3.63, 3.8) is 0 Å². The number of hydrogen-bond donors (Lipinski definition) is 0. The Bertz CT molecular complexity index is 1180. The van der Waals surface area contributed by atoms with Gasteiger partial charge in [-0.1, -0.05) is 123 Å². The summed E-state index contributed by atoms with van der Waals surface area (Å²) in [5.41, 5.74) is 3.91. The molecule has 0 aliphatic heterocycles. The topological polar surface area (TPSA) is 26.3 Å². The van der Waals surface area contributed by atoms with Gasteiger partial charge in [-0.3, -0.25) is 4.79 Å². The lowest BCUT2D eigenvalue weighted by Gasteiger charge is -2.61. The van der Waals surface area contributed by atoms with Crippen LogP contribution < -0.4 is 0 Å². The van der Waals surface area contributed by atoms with Crippen molar-refractivity contribution in [2.75, 3.05) is 0 Å². The van der Waals surface area contributed by atoms with Gasteiger partial charge in [0.15, 0.2) is 0 Å². The van der Waals surface area contributed by atoms with E-state index in [9.17, 15) is 4.79 Å². The molecule has 0 radical (unpaired) electrons. The third-order valence-corrected chi connectivity index (χ3v) is 15.5. The Hall–Kier alpha value is -1.57. The number of fused-ring (bicyclic) bond motifs is 5. The second kappa shape index (κ2) is 17.8. The predicted molar refractivity (Wildman–Crippen MR) is 208 cm³/mol. The van der Waals surface area contributed by atoms with Crippen LogP contribution in [0.15, 0.2) is 42.0 Å². The molecule has 0 N–H and O–H groups in total. The zero-order valence-electron chi connectivity index (χ0n) is 33.1. The van der Waals surface area contributed by atoms with E-state index in [0.29, 0.717) is 17.3 Å². The average molecular weight is 673 g/mol. The van der Waals surface area contributed by atoms with E-state index in [-0.39, 0.29) is 12.1 Å². The molecule has 0 saturated heterocycles. The summed E-state index contributed by atoms with van der Waals surface area (Å²) in [5, 5.41) is 0. The quantitative estimate of drug-likeness (QED) is 0.122. The fraction of sp³-hybridized carbons (Fsp3) is 0.809. The van der Waals surface area contributed by atoms with Crippen LogP contribution in [0, 0.1) is 58.2 Å². The molecule has 0 bridgehead atoms. The standard InChI is InChI=1S/C47H76O2/c1-8-36(21-22-38-17-11-10-12-18-38)19-14-20-37(9-2)23-28-45(48)49-40-29-31-46(6)39(33-40)24-25-41-43-27-26-42(35(5)16-13-15-34(3)4)47(43,7)32-30-44(41)46/h10-12,17-18,23,34-36,39-44H,8-9,13-16,19-22,24-33H2,1-7H3/b37-23+/t35-,36?,39+,40+,41+,42-,43+,44+,46+,47-/m1/s1. The molecule has 1 aromatic rings. The lowest BCUT2D eigenvalue weighted by atomic mass is 9.44. The predicted octanol–water partition coefficient (Wildman–Crippen LogP) is 13.6. The maximum absolute atomic E-state index is 13.1. The molecule has 276 valence electrons. The molecule has 49 heavy (non-hydrogen) atoms. The number of carbonyl (C=O) groups is 1. The number of allylic oxidation sites excluding steroid dienone is 1. The third-order valence-electron chi connectivity index (χ3n) is 15.5. The lowest BCUT2D eigenvalue weighted by Crippen LogP contribution is -2.54. The molecule has 0 spiro atoms. The largest absolute Gasteiger partial charge is 0.462 e. The van der Waals surface area contributed by atoms with E-state index in [2.05, 4.69) is 84.9 Å². The molecule has 4 saturated carbocycles. The maximum Gasteiger partial charge on any atom is 0.309 e. The van der Waals surface area contributed by atoms with Gasteiger partial charge in [0.2, 0.25) is 0 Å². The van der Waals surface area contributed by atoms with Gasteiger partial charge < -0.3 is 4.74 Å². The molecule has 4 fully saturated rings. The Kier molecular flexibility index (Phi) is 14.0. The number of ether oxygens (including phenoxy) is 1. The Balaban J connectivity index is 1.06. The Labute approximate surface area is 303 Å². The van der Waals surface area contributed by atoms with Crippen LogP contribution in [0.5, 0.6) is 0 Å². The summed E-state index contributed by atoms with van der Waals surface area (Å²) in [4.78, 5) is 13.1. The minimum Gasteiger partial charge on any atom is -0.462 e. The number of aryl methyl sites for hydroxylation is 1. The number of hydrogen-bond acceptors (Lipinski definition) is 2. The first kappa shape index (κ1) is 38.7. The summed E-state index contributed by atoms with van der Waals surface area (Å²) in [6, 6.07) is 10.9. The van der Waals surface area contributed by atoms with Gasteiger partial charge in [0, 0.05) is 0 Å². The van der Waals surface area contributed by atoms with E-state index in [4.69, 9.17) is 4.74 Å². The fourth-order valence-corrected chi connectivity index (χ4v) is 12.4. The molecule has 0 heterocycles. The first-order valence-corrected chi connectivity index (χ1v) is 21.5. The van der Waals surface area contributed by atoms with Crippen molar-refractivity contribution in [3.05, 3.63) is 47.5 Å². The van der Waals surface area contributed by atoms with Gasteiger partial charge in [0.1, 0.15) is 6.10 Å². The summed E-state index contributed by atoms with van der Waals surface area (Å²) >= 11 is 0. The molecule has 1 aromatic carbocycles. The van der Waals surface area contributed by atoms with E-state index in [1.807, 2.05) is 0 Å². The van der Waals surface area contributed by atoms with Gasteiger partial charge in [-0.25, -0.2) is 0 Å². The van der Waals surface area contributed by atoms with Crippen molar-refractivity contribution < 1.29 is 9.53 Å². The molecule has 0 aromatic heterocycles. The highest BCUT2D eigenvalue weighted by Crippen LogP contribution is 2.68. The summed E-state index contributed by atoms with van der Waals surface area (Å²) in [5.74, 6) is 6.95. The molecule has 4 aliphatic rings. The molecule has 1 unspecified atom stereocenters. The summed E-state index contributed by atoms with van der Waals surface area (Å²) in [7, 11) is 0. The van der Waals surface area contributed by atoms with Crippen molar-refractivity contribution in [2.24, 2.45) is 58.2 Å². The van der Waals surface area contributed by atoms with Gasteiger partial charge in [0.25, 0.3) is 0 Å². The van der Waals surface area contributed by atoms with E-state index < -0.39 is 0 Å². The van der Waals surface area contributed by atoms with Crippen LogP contribution >= 0.6 is 0 Å². The van der Waals surface area contributed by atoms with Gasteiger partial charge in [-0.2, -0.15) is 0 Å². The molecule has 2 heteroatoms. The van der Waals surface area contributed by atoms with Crippen molar-refractivity contribution in [3.8, 4) is 0 Å². The van der Waals surface area contributed by atoms with Gasteiger partial charge >= 0.3 is 5.97 Å². The molecule has 2 nitrogen and oxygen atoms in total. The van der Waals surface area contributed by atoms with Crippen LogP contribution in [0.25, 0.3) is 0 Å². The van der Waals surface area contributed by atoms with Gasteiger partial charge in [0.05, 0.1) is 6.42 Å². The zero-order chi connectivity index (χ0) is 35.0. The second-order valence-electron chi connectivity index (χ2n) is 18.7.